The van der Waals surface area contributed by atoms with E-state index in [4.69, 9.17) is 10.5 Å². The quantitative estimate of drug-likeness (QED) is 0.813. The SMILES string of the molecule is CC1CN(C(=O)C2(CN)CCCCC2)C(C)CO1. The molecular weight excluding hydrogens is 228 g/mol. The second-order valence-corrected chi connectivity index (χ2v) is 6.00. The van der Waals surface area contributed by atoms with Gasteiger partial charge in [-0.25, -0.2) is 0 Å². The molecule has 0 aromatic rings. The largest absolute Gasteiger partial charge is 0.375 e. The smallest absolute Gasteiger partial charge is 0.230 e. The van der Waals surface area contributed by atoms with Gasteiger partial charge in [-0.05, 0) is 26.7 Å². The first kappa shape index (κ1) is 13.8. The summed E-state index contributed by atoms with van der Waals surface area (Å²) in [4.78, 5) is 14.9. The van der Waals surface area contributed by atoms with Crippen LogP contribution in [0.5, 0.6) is 0 Å². The number of amides is 1. The summed E-state index contributed by atoms with van der Waals surface area (Å²) in [5.41, 5.74) is 5.66. The molecule has 2 unspecified atom stereocenters. The van der Waals surface area contributed by atoms with Gasteiger partial charge in [-0.2, -0.15) is 0 Å². The van der Waals surface area contributed by atoms with E-state index in [1.165, 1.54) is 6.42 Å². The van der Waals surface area contributed by atoms with Gasteiger partial charge >= 0.3 is 0 Å². The number of morpholine rings is 1. The van der Waals surface area contributed by atoms with E-state index in [1.807, 2.05) is 11.8 Å². The second kappa shape index (κ2) is 5.57. The summed E-state index contributed by atoms with van der Waals surface area (Å²) in [5, 5.41) is 0. The maximum absolute atomic E-state index is 12.9. The van der Waals surface area contributed by atoms with E-state index >= 15 is 0 Å². The molecule has 0 bridgehead atoms. The van der Waals surface area contributed by atoms with E-state index in [9.17, 15) is 4.79 Å². The Morgan fingerprint density at radius 1 is 1.33 bits per heavy atom. The molecule has 2 rings (SSSR count). The summed E-state index contributed by atoms with van der Waals surface area (Å²) in [7, 11) is 0. The lowest BCUT2D eigenvalue weighted by Crippen LogP contribution is -2.57. The van der Waals surface area contributed by atoms with Crippen LogP contribution >= 0.6 is 0 Å². The minimum absolute atomic E-state index is 0.142. The Kier molecular flexibility index (Phi) is 4.28. The van der Waals surface area contributed by atoms with E-state index in [0.29, 0.717) is 19.7 Å². The maximum atomic E-state index is 12.9. The van der Waals surface area contributed by atoms with Crippen LogP contribution < -0.4 is 5.73 Å². The molecule has 1 aliphatic carbocycles. The van der Waals surface area contributed by atoms with Gasteiger partial charge in [0.25, 0.3) is 0 Å². The summed E-state index contributed by atoms with van der Waals surface area (Å²) in [6.07, 6.45) is 5.57. The van der Waals surface area contributed by atoms with Crippen LogP contribution in [0.25, 0.3) is 0 Å². The second-order valence-electron chi connectivity index (χ2n) is 6.00. The van der Waals surface area contributed by atoms with Crippen LogP contribution in [-0.4, -0.2) is 42.6 Å². The standard InChI is InChI=1S/C14H26N2O2/c1-11-9-18-12(2)8-16(11)13(17)14(10-15)6-4-3-5-7-14/h11-12H,3-10,15H2,1-2H3. The van der Waals surface area contributed by atoms with Crippen molar-refractivity contribution in [3.63, 3.8) is 0 Å². The van der Waals surface area contributed by atoms with Gasteiger partial charge in [0.2, 0.25) is 5.91 Å². The molecule has 1 amide bonds. The van der Waals surface area contributed by atoms with Crippen molar-refractivity contribution in [3.05, 3.63) is 0 Å². The number of rotatable bonds is 2. The third kappa shape index (κ3) is 2.54. The molecule has 0 aromatic heterocycles. The number of nitrogens with zero attached hydrogens (tertiary/aromatic N) is 1. The molecule has 0 radical (unpaired) electrons. The van der Waals surface area contributed by atoms with E-state index < -0.39 is 0 Å². The first-order chi connectivity index (χ1) is 8.59. The Balaban J connectivity index is 2.12. The molecule has 2 aliphatic rings. The third-order valence-electron chi connectivity index (χ3n) is 4.52. The van der Waals surface area contributed by atoms with Crippen LogP contribution in [0, 0.1) is 5.41 Å². The summed E-state index contributed by atoms with van der Waals surface area (Å²) < 4.78 is 5.60. The zero-order valence-electron chi connectivity index (χ0n) is 11.7. The molecule has 0 aromatic carbocycles. The van der Waals surface area contributed by atoms with Gasteiger partial charge in [-0.3, -0.25) is 4.79 Å². The molecule has 18 heavy (non-hydrogen) atoms. The van der Waals surface area contributed by atoms with E-state index in [1.54, 1.807) is 0 Å². The van der Waals surface area contributed by atoms with Gasteiger partial charge in [0.05, 0.1) is 24.2 Å². The van der Waals surface area contributed by atoms with Crippen LogP contribution in [0.4, 0.5) is 0 Å². The predicted molar refractivity (Wildman–Crippen MR) is 71.2 cm³/mol. The lowest BCUT2D eigenvalue weighted by atomic mass is 9.72. The summed E-state index contributed by atoms with van der Waals surface area (Å²) in [5.74, 6) is 0.271. The van der Waals surface area contributed by atoms with Crippen LogP contribution in [0.3, 0.4) is 0 Å². The summed E-state index contributed by atoms with van der Waals surface area (Å²) in [6.45, 7) is 5.94. The molecule has 1 aliphatic heterocycles. The predicted octanol–water partition coefficient (Wildman–Crippen LogP) is 1.53. The highest BCUT2D eigenvalue weighted by molar-refractivity contribution is 5.83. The molecule has 104 valence electrons. The van der Waals surface area contributed by atoms with Crippen molar-refractivity contribution in [2.24, 2.45) is 11.1 Å². The summed E-state index contributed by atoms with van der Waals surface area (Å²) >= 11 is 0. The molecule has 4 nitrogen and oxygen atoms in total. The van der Waals surface area contributed by atoms with E-state index in [-0.39, 0.29) is 23.5 Å². The number of nitrogens with two attached hydrogens (primary N) is 1. The fourth-order valence-corrected chi connectivity index (χ4v) is 3.22. The van der Waals surface area contributed by atoms with Crippen LogP contribution in [0.15, 0.2) is 0 Å². The Morgan fingerprint density at radius 2 is 2.00 bits per heavy atom. The summed E-state index contributed by atoms with van der Waals surface area (Å²) in [6, 6.07) is 0.180. The van der Waals surface area contributed by atoms with Gasteiger partial charge in [0, 0.05) is 13.1 Å². The highest BCUT2D eigenvalue weighted by Crippen LogP contribution is 2.38. The fraction of sp³-hybridized carbons (Fsp3) is 0.929. The van der Waals surface area contributed by atoms with Gasteiger partial charge in [-0.15, -0.1) is 0 Å². The molecule has 1 saturated heterocycles. The minimum Gasteiger partial charge on any atom is -0.375 e. The molecule has 4 heteroatoms. The average molecular weight is 254 g/mol. The number of hydrogen-bond donors (Lipinski definition) is 1. The van der Waals surface area contributed by atoms with Crippen molar-refractivity contribution >= 4 is 5.91 Å². The van der Waals surface area contributed by atoms with Crippen molar-refractivity contribution in [2.75, 3.05) is 19.7 Å². The molecule has 0 spiro atoms. The highest BCUT2D eigenvalue weighted by atomic mass is 16.5. The Morgan fingerprint density at radius 3 is 2.61 bits per heavy atom. The van der Waals surface area contributed by atoms with E-state index in [2.05, 4.69) is 6.92 Å². The molecule has 1 heterocycles. The van der Waals surface area contributed by atoms with Gasteiger partial charge < -0.3 is 15.4 Å². The third-order valence-corrected chi connectivity index (χ3v) is 4.52. The molecule has 2 atom stereocenters. The Bertz CT molecular complexity index is 300. The van der Waals surface area contributed by atoms with Crippen LogP contribution in [0.2, 0.25) is 0 Å². The van der Waals surface area contributed by atoms with Crippen LogP contribution in [-0.2, 0) is 9.53 Å². The molecule has 2 N–H and O–H groups in total. The Labute approximate surface area is 110 Å². The number of carbonyl (C=O) groups is 1. The van der Waals surface area contributed by atoms with Gasteiger partial charge in [0.1, 0.15) is 0 Å². The highest BCUT2D eigenvalue weighted by Gasteiger charge is 2.43. The minimum atomic E-state index is -0.288. The number of ether oxygens (including phenoxy) is 1. The maximum Gasteiger partial charge on any atom is 0.230 e. The van der Waals surface area contributed by atoms with Crippen LogP contribution in [0.1, 0.15) is 46.0 Å². The number of hydrogen-bond acceptors (Lipinski definition) is 3. The average Bonchev–Trinajstić information content (AvgIpc) is 2.41. The van der Waals surface area contributed by atoms with E-state index in [0.717, 1.165) is 25.7 Å². The van der Waals surface area contributed by atoms with Crippen molar-refractivity contribution in [1.82, 2.24) is 4.90 Å². The van der Waals surface area contributed by atoms with Crippen molar-refractivity contribution in [1.29, 1.82) is 0 Å². The fourth-order valence-electron chi connectivity index (χ4n) is 3.22. The zero-order valence-corrected chi connectivity index (χ0v) is 11.7. The first-order valence-corrected chi connectivity index (χ1v) is 7.22. The first-order valence-electron chi connectivity index (χ1n) is 7.22. The molecule has 2 fully saturated rings. The van der Waals surface area contributed by atoms with Crippen molar-refractivity contribution < 1.29 is 9.53 Å². The molecule has 1 saturated carbocycles. The zero-order chi connectivity index (χ0) is 13.2. The van der Waals surface area contributed by atoms with Crippen molar-refractivity contribution in [2.45, 2.75) is 58.1 Å². The Hall–Kier alpha value is -0.610. The lowest BCUT2D eigenvalue weighted by molar-refractivity contribution is -0.155. The topological polar surface area (TPSA) is 55.6 Å². The normalized spacial score (nSPS) is 32.3. The van der Waals surface area contributed by atoms with Crippen molar-refractivity contribution in [3.8, 4) is 0 Å². The van der Waals surface area contributed by atoms with Gasteiger partial charge in [0.15, 0.2) is 0 Å². The monoisotopic (exact) mass is 254 g/mol. The lowest BCUT2D eigenvalue weighted by Gasteiger charge is -2.44. The number of carbonyl (C=O) groups excluding carboxylic acids is 1. The van der Waals surface area contributed by atoms with Gasteiger partial charge in [-0.1, -0.05) is 19.3 Å². The molecular formula is C14H26N2O2.